The molecule has 1 nitrogen and oxygen atoms in total. The maximum absolute atomic E-state index is 5.41. The van der Waals surface area contributed by atoms with Crippen LogP contribution in [-0.4, -0.2) is 8.32 Å². The molecule has 0 aliphatic carbocycles. The zero-order valence-electron chi connectivity index (χ0n) is 6.79. The van der Waals surface area contributed by atoms with Gasteiger partial charge in [0, 0.05) is 0 Å². The Morgan fingerprint density at radius 3 is 1.56 bits per heavy atom. The number of rotatable bonds is 1. The molecule has 3 heteroatoms. The minimum atomic E-state index is -1.39. The summed E-state index contributed by atoms with van der Waals surface area (Å²) in [5.74, 6) is 0. The quantitative estimate of drug-likeness (QED) is 0.517. The van der Waals surface area contributed by atoms with Crippen LogP contribution in [0.15, 0.2) is 0 Å². The van der Waals surface area contributed by atoms with Gasteiger partial charge in [0.25, 0.3) is 0 Å². The van der Waals surface area contributed by atoms with E-state index in [4.69, 9.17) is 2.76 Å². The summed E-state index contributed by atoms with van der Waals surface area (Å²) in [5, 5.41) is 0.355. The lowest BCUT2D eigenvalue weighted by molar-refractivity contribution is 0.588. The molecule has 0 fully saturated rings. The van der Waals surface area contributed by atoms with E-state index in [-0.39, 0.29) is 0 Å². The summed E-state index contributed by atoms with van der Waals surface area (Å²) >= 11 is 2.02. The fourth-order valence-electron chi connectivity index (χ4n) is 0.116. The molecule has 0 heterocycles. The van der Waals surface area contributed by atoms with E-state index in [1.165, 1.54) is 0 Å². The molecular formula is C6H15IOSi. The van der Waals surface area contributed by atoms with Crippen LogP contribution >= 0.6 is 23.0 Å². The van der Waals surface area contributed by atoms with Crippen LogP contribution < -0.4 is 0 Å². The smallest absolute Gasteiger partial charge is 0.207 e. The molecule has 0 saturated carbocycles. The van der Waals surface area contributed by atoms with Crippen molar-refractivity contribution in [1.82, 2.24) is 0 Å². The fraction of sp³-hybridized carbons (Fsp3) is 1.00. The highest BCUT2D eigenvalue weighted by Gasteiger charge is 2.36. The van der Waals surface area contributed by atoms with E-state index in [2.05, 4.69) is 33.9 Å². The Balaban J connectivity index is 4.14. The molecular weight excluding hydrogens is 243 g/mol. The standard InChI is InChI=1S/C6H15IOSi/c1-6(2,3)9(4,5)8-7/h1-5H3. The first kappa shape index (κ1) is 9.91. The van der Waals surface area contributed by atoms with Gasteiger partial charge in [-0.25, -0.2) is 0 Å². The van der Waals surface area contributed by atoms with E-state index < -0.39 is 8.32 Å². The van der Waals surface area contributed by atoms with Crippen molar-refractivity contribution in [2.45, 2.75) is 38.9 Å². The molecule has 0 aromatic rings. The van der Waals surface area contributed by atoms with Crippen LogP contribution in [-0.2, 0) is 2.76 Å². The van der Waals surface area contributed by atoms with Gasteiger partial charge in [0.2, 0.25) is 8.32 Å². The van der Waals surface area contributed by atoms with E-state index in [9.17, 15) is 0 Å². The molecule has 0 spiro atoms. The molecule has 0 saturated heterocycles. The average Bonchev–Trinajstić information content (AvgIpc) is 1.64. The van der Waals surface area contributed by atoms with Crippen LogP contribution in [0.3, 0.4) is 0 Å². The number of hydrogen-bond acceptors (Lipinski definition) is 1. The third-order valence-electron chi connectivity index (χ3n) is 2.00. The van der Waals surface area contributed by atoms with Crippen LogP contribution in [0.5, 0.6) is 0 Å². The molecule has 0 rings (SSSR count). The summed E-state index contributed by atoms with van der Waals surface area (Å²) < 4.78 is 5.41. The van der Waals surface area contributed by atoms with Crippen LogP contribution in [0.1, 0.15) is 20.8 Å². The van der Waals surface area contributed by atoms with Gasteiger partial charge in [0.1, 0.15) is 0 Å². The highest BCUT2D eigenvalue weighted by Crippen LogP contribution is 2.37. The Hall–Kier alpha value is 0.907. The number of hydrogen-bond donors (Lipinski definition) is 0. The predicted octanol–water partition coefficient (Wildman–Crippen LogP) is 3.36. The first-order valence-corrected chi connectivity index (χ1v) is 6.90. The van der Waals surface area contributed by atoms with Crippen LogP contribution in [0, 0.1) is 0 Å². The highest BCUT2D eigenvalue weighted by atomic mass is 127. The summed E-state index contributed by atoms with van der Waals surface area (Å²) in [5.41, 5.74) is 0. The summed E-state index contributed by atoms with van der Waals surface area (Å²) in [7, 11) is -1.39. The lowest BCUT2D eigenvalue weighted by Gasteiger charge is -2.33. The van der Waals surface area contributed by atoms with Crippen molar-refractivity contribution in [3.63, 3.8) is 0 Å². The molecule has 56 valence electrons. The summed E-state index contributed by atoms with van der Waals surface area (Å²) in [4.78, 5) is 0. The molecule has 0 bridgehead atoms. The van der Waals surface area contributed by atoms with Crippen molar-refractivity contribution in [1.29, 1.82) is 0 Å². The van der Waals surface area contributed by atoms with E-state index in [1.807, 2.05) is 23.0 Å². The predicted molar refractivity (Wildman–Crippen MR) is 52.3 cm³/mol. The minimum absolute atomic E-state index is 0.355. The van der Waals surface area contributed by atoms with E-state index >= 15 is 0 Å². The lowest BCUT2D eigenvalue weighted by atomic mass is 10.2. The van der Waals surface area contributed by atoms with Crippen LogP contribution in [0.4, 0.5) is 0 Å². The Bertz CT molecular complexity index is 95.7. The molecule has 0 atom stereocenters. The van der Waals surface area contributed by atoms with Gasteiger partial charge in [-0.1, -0.05) is 20.8 Å². The molecule has 0 radical (unpaired) electrons. The van der Waals surface area contributed by atoms with Crippen molar-refractivity contribution >= 4 is 31.3 Å². The van der Waals surface area contributed by atoms with Crippen molar-refractivity contribution in [3.05, 3.63) is 0 Å². The molecule has 0 aromatic carbocycles. The Kier molecular flexibility index (Phi) is 3.17. The second kappa shape index (κ2) is 2.88. The van der Waals surface area contributed by atoms with E-state index in [1.54, 1.807) is 0 Å². The molecule has 0 aromatic heterocycles. The topological polar surface area (TPSA) is 9.23 Å². The normalized spacial score (nSPS) is 14.0. The van der Waals surface area contributed by atoms with Crippen molar-refractivity contribution in [2.75, 3.05) is 0 Å². The van der Waals surface area contributed by atoms with Gasteiger partial charge >= 0.3 is 0 Å². The van der Waals surface area contributed by atoms with Crippen molar-refractivity contribution in [2.24, 2.45) is 0 Å². The zero-order chi connectivity index (χ0) is 7.71. The lowest BCUT2D eigenvalue weighted by Crippen LogP contribution is -2.37. The third kappa shape index (κ3) is 2.55. The Morgan fingerprint density at radius 2 is 1.56 bits per heavy atom. The maximum atomic E-state index is 5.41. The van der Waals surface area contributed by atoms with E-state index in [0.717, 1.165) is 0 Å². The van der Waals surface area contributed by atoms with E-state index in [0.29, 0.717) is 5.04 Å². The Labute approximate surface area is 73.0 Å². The fourth-order valence-corrected chi connectivity index (χ4v) is 2.33. The highest BCUT2D eigenvalue weighted by molar-refractivity contribution is 14.1. The molecule has 0 amide bonds. The SMILES string of the molecule is CC(C)(C)[Si](C)(C)OI. The van der Waals surface area contributed by atoms with Gasteiger partial charge in [-0.15, -0.1) is 0 Å². The Morgan fingerprint density at radius 1 is 1.22 bits per heavy atom. The van der Waals surface area contributed by atoms with Gasteiger partial charge in [0.05, 0.1) is 23.0 Å². The van der Waals surface area contributed by atoms with Crippen LogP contribution in [0.25, 0.3) is 0 Å². The second-order valence-corrected chi connectivity index (χ2v) is 9.83. The largest absolute Gasteiger partial charge is 0.358 e. The van der Waals surface area contributed by atoms with Crippen LogP contribution in [0.2, 0.25) is 18.1 Å². The molecule has 0 N–H and O–H groups in total. The maximum Gasteiger partial charge on any atom is 0.207 e. The zero-order valence-corrected chi connectivity index (χ0v) is 9.94. The van der Waals surface area contributed by atoms with Gasteiger partial charge < -0.3 is 2.76 Å². The third-order valence-corrected chi connectivity index (χ3v) is 9.30. The minimum Gasteiger partial charge on any atom is -0.358 e. The molecule has 0 aliphatic rings. The van der Waals surface area contributed by atoms with Gasteiger partial charge in [-0.2, -0.15) is 0 Å². The summed E-state index contributed by atoms with van der Waals surface area (Å²) in [6.45, 7) is 11.2. The van der Waals surface area contributed by atoms with Gasteiger partial charge in [-0.05, 0) is 18.1 Å². The summed E-state index contributed by atoms with van der Waals surface area (Å²) in [6.07, 6.45) is 0. The average molecular weight is 258 g/mol. The monoisotopic (exact) mass is 258 g/mol. The van der Waals surface area contributed by atoms with Gasteiger partial charge in [0.15, 0.2) is 0 Å². The summed E-state index contributed by atoms with van der Waals surface area (Å²) in [6, 6.07) is 0. The molecule has 0 aliphatic heterocycles. The number of halogens is 1. The first-order chi connectivity index (χ1) is 3.81. The molecule has 0 unspecified atom stereocenters. The first-order valence-electron chi connectivity index (χ1n) is 3.11. The van der Waals surface area contributed by atoms with Crippen molar-refractivity contribution < 1.29 is 2.76 Å². The van der Waals surface area contributed by atoms with Crippen molar-refractivity contribution in [3.8, 4) is 0 Å². The molecule has 9 heavy (non-hydrogen) atoms. The van der Waals surface area contributed by atoms with Gasteiger partial charge in [-0.3, -0.25) is 0 Å². The second-order valence-electron chi connectivity index (χ2n) is 3.84.